The normalized spacial score (nSPS) is 10.2. The first-order chi connectivity index (χ1) is 9.99. The van der Waals surface area contributed by atoms with Crippen molar-refractivity contribution in [1.29, 1.82) is 0 Å². The number of benzene rings is 1. The zero-order chi connectivity index (χ0) is 15.4. The molecule has 1 aromatic heterocycles. The molecule has 0 aliphatic carbocycles. The summed E-state index contributed by atoms with van der Waals surface area (Å²) >= 11 is 0. The summed E-state index contributed by atoms with van der Waals surface area (Å²) < 4.78 is 24.4. The number of rotatable bonds is 5. The molecule has 0 atom stereocenters. The molecule has 1 amide bonds. The first-order valence-electron chi connectivity index (χ1n) is 6.54. The molecule has 2 aromatic rings. The number of carbonyl (C=O) groups is 1. The molecule has 0 fully saturated rings. The third kappa shape index (κ3) is 4.47. The van der Waals surface area contributed by atoms with Crippen LogP contribution < -0.4 is 15.8 Å². The molecule has 1 heterocycles. The maximum absolute atomic E-state index is 13.9. The summed E-state index contributed by atoms with van der Waals surface area (Å²) in [5.41, 5.74) is 5.76. The van der Waals surface area contributed by atoms with E-state index in [0.29, 0.717) is 11.5 Å². The van der Waals surface area contributed by atoms with Crippen LogP contribution in [0.5, 0.6) is 5.75 Å². The van der Waals surface area contributed by atoms with Crippen molar-refractivity contribution < 1.29 is 18.3 Å². The molecule has 0 bridgehead atoms. The Hall–Kier alpha value is -2.05. The Balaban J connectivity index is 0.00000242. The number of anilines is 1. The molecule has 0 spiro atoms. The fourth-order valence-corrected chi connectivity index (χ4v) is 1.74. The molecule has 22 heavy (non-hydrogen) atoms. The van der Waals surface area contributed by atoms with E-state index in [9.17, 15) is 9.18 Å². The fourth-order valence-electron chi connectivity index (χ4n) is 1.74. The monoisotopic (exact) mass is 328 g/mol. The second kappa shape index (κ2) is 7.82. The second-order valence-electron chi connectivity index (χ2n) is 4.77. The van der Waals surface area contributed by atoms with Crippen molar-refractivity contribution in [3.8, 4) is 5.75 Å². The number of nitrogens with two attached hydrogens (primary N) is 1. The van der Waals surface area contributed by atoms with Gasteiger partial charge in [-0.05, 0) is 32.0 Å². The highest BCUT2D eigenvalue weighted by molar-refractivity contribution is 6.04. The Morgan fingerprint density at radius 2 is 2.14 bits per heavy atom. The van der Waals surface area contributed by atoms with Gasteiger partial charge >= 0.3 is 0 Å². The summed E-state index contributed by atoms with van der Waals surface area (Å²) in [5, 5.41) is 2.47. The molecule has 2 rings (SSSR count). The number of halogens is 2. The summed E-state index contributed by atoms with van der Waals surface area (Å²) in [6, 6.07) is 5.80. The zero-order valence-electron chi connectivity index (χ0n) is 12.3. The highest BCUT2D eigenvalue weighted by Crippen LogP contribution is 2.22. The molecule has 0 saturated heterocycles. The molecule has 1 aromatic carbocycles. The van der Waals surface area contributed by atoms with Crippen LogP contribution in [0.3, 0.4) is 0 Å². The predicted molar refractivity (Wildman–Crippen MR) is 84.0 cm³/mol. The van der Waals surface area contributed by atoms with E-state index in [-0.39, 0.29) is 36.3 Å². The number of ether oxygens (including phenoxy) is 1. The van der Waals surface area contributed by atoms with Crippen LogP contribution in [0.2, 0.25) is 0 Å². The lowest BCUT2D eigenvalue weighted by Crippen LogP contribution is -2.12. The molecule has 0 saturated carbocycles. The molecule has 0 aliphatic rings. The van der Waals surface area contributed by atoms with Gasteiger partial charge in [0.05, 0.1) is 23.9 Å². The first-order valence-corrected chi connectivity index (χ1v) is 6.54. The van der Waals surface area contributed by atoms with Crippen molar-refractivity contribution in [2.45, 2.75) is 26.5 Å². The van der Waals surface area contributed by atoms with Gasteiger partial charge in [0.1, 0.15) is 23.6 Å². The van der Waals surface area contributed by atoms with Crippen LogP contribution in [0.25, 0.3) is 0 Å². The number of hydrogen-bond acceptors (Lipinski definition) is 4. The van der Waals surface area contributed by atoms with Gasteiger partial charge in [0.2, 0.25) is 0 Å². The minimum Gasteiger partial charge on any atom is -0.491 e. The molecule has 3 N–H and O–H groups in total. The van der Waals surface area contributed by atoms with Gasteiger partial charge in [0.15, 0.2) is 0 Å². The van der Waals surface area contributed by atoms with Crippen molar-refractivity contribution >= 4 is 24.0 Å². The van der Waals surface area contributed by atoms with Crippen molar-refractivity contribution in [3.63, 3.8) is 0 Å². The number of amides is 1. The molecular formula is C15H18ClFN2O3. The van der Waals surface area contributed by atoms with Crippen molar-refractivity contribution in [1.82, 2.24) is 0 Å². The molecule has 0 unspecified atom stereocenters. The minimum atomic E-state index is -0.566. The van der Waals surface area contributed by atoms with Crippen LogP contribution in [0.15, 0.2) is 34.9 Å². The highest BCUT2D eigenvalue weighted by Gasteiger charge is 2.13. The summed E-state index contributed by atoms with van der Waals surface area (Å²) in [4.78, 5) is 11.9. The smallest absolute Gasteiger partial charge is 0.259 e. The largest absolute Gasteiger partial charge is 0.491 e. The molecule has 120 valence electrons. The van der Waals surface area contributed by atoms with E-state index in [1.807, 2.05) is 13.8 Å². The van der Waals surface area contributed by atoms with Gasteiger partial charge in [-0.2, -0.15) is 0 Å². The Labute approximate surface area is 134 Å². The van der Waals surface area contributed by atoms with E-state index in [1.54, 1.807) is 6.07 Å². The summed E-state index contributed by atoms with van der Waals surface area (Å²) in [5.74, 6) is -0.130. The summed E-state index contributed by atoms with van der Waals surface area (Å²) in [6.45, 7) is 3.89. The van der Waals surface area contributed by atoms with Gasteiger partial charge in [-0.1, -0.05) is 0 Å². The maximum Gasteiger partial charge on any atom is 0.259 e. The average molecular weight is 329 g/mol. The molecular weight excluding hydrogens is 311 g/mol. The molecule has 0 aliphatic heterocycles. The van der Waals surface area contributed by atoms with E-state index in [1.165, 1.54) is 24.5 Å². The zero-order valence-corrected chi connectivity index (χ0v) is 13.1. The number of hydrogen-bond donors (Lipinski definition) is 2. The van der Waals surface area contributed by atoms with Gasteiger partial charge in [-0.25, -0.2) is 4.39 Å². The van der Waals surface area contributed by atoms with Crippen LogP contribution in [0.4, 0.5) is 10.1 Å². The summed E-state index contributed by atoms with van der Waals surface area (Å²) in [7, 11) is 0. The Bertz CT molecular complexity index is 643. The molecule has 0 radical (unpaired) electrons. The third-order valence-electron chi connectivity index (χ3n) is 2.68. The van der Waals surface area contributed by atoms with Crippen molar-refractivity contribution in [2.24, 2.45) is 5.73 Å². The third-order valence-corrected chi connectivity index (χ3v) is 2.68. The summed E-state index contributed by atoms with van der Waals surface area (Å²) in [6.07, 6.45) is 1.23. The van der Waals surface area contributed by atoms with Gasteiger partial charge in [-0.15, -0.1) is 12.4 Å². The average Bonchev–Trinajstić information content (AvgIpc) is 2.90. The number of furan rings is 1. The molecule has 7 heteroatoms. The van der Waals surface area contributed by atoms with Crippen LogP contribution >= 0.6 is 12.4 Å². The van der Waals surface area contributed by atoms with Crippen LogP contribution in [0.1, 0.15) is 30.0 Å². The van der Waals surface area contributed by atoms with Gasteiger partial charge in [0, 0.05) is 6.07 Å². The van der Waals surface area contributed by atoms with Gasteiger partial charge < -0.3 is 20.2 Å². The fraction of sp³-hybridized carbons (Fsp3) is 0.267. The van der Waals surface area contributed by atoms with Crippen molar-refractivity contribution in [2.75, 3.05) is 5.32 Å². The van der Waals surface area contributed by atoms with E-state index < -0.39 is 11.7 Å². The highest BCUT2D eigenvalue weighted by atomic mass is 35.5. The van der Waals surface area contributed by atoms with Gasteiger partial charge in [-0.3, -0.25) is 4.79 Å². The molecule has 5 nitrogen and oxygen atoms in total. The Morgan fingerprint density at radius 1 is 1.41 bits per heavy atom. The Kier molecular flexibility index (Phi) is 6.39. The lowest BCUT2D eigenvalue weighted by Gasteiger charge is -2.11. The first kappa shape index (κ1) is 18.0. The topological polar surface area (TPSA) is 77.5 Å². The van der Waals surface area contributed by atoms with Gasteiger partial charge in [0.25, 0.3) is 5.91 Å². The van der Waals surface area contributed by atoms with E-state index >= 15 is 0 Å². The lowest BCUT2D eigenvalue weighted by molar-refractivity contribution is 0.102. The Morgan fingerprint density at radius 3 is 2.68 bits per heavy atom. The quantitative estimate of drug-likeness (QED) is 0.882. The number of nitrogens with one attached hydrogen (secondary N) is 1. The van der Waals surface area contributed by atoms with Crippen LogP contribution in [-0.4, -0.2) is 12.0 Å². The van der Waals surface area contributed by atoms with E-state index in [4.69, 9.17) is 14.9 Å². The standard InChI is InChI=1S/C15H17FN2O3.ClH/c1-9(2)21-11-3-4-14(13(16)6-11)18-15(19)10-5-12(7-17)20-8-10;/h3-6,8-9H,7,17H2,1-2H3,(H,18,19);1H. The lowest BCUT2D eigenvalue weighted by atomic mass is 10.2. The predicted octanol–water partition coefficient (Wildman–Crippen LogP) is 3.34. The number of carbonyl (C=O) groups excluding carboxylic acids is 1. The van der Waals surface area contributed by atoms with Crippen molar-refractivity contribution in [3.05, 3.63) is 47.7 Å². The maximum atomic E-state index is 13.9. The SMILES string of the molecule is CC(C)Oc1ccc(NC(=O)c2coc(CN)c2)c(F)c1.Cl. The van der Waals surface area contributed by atoms with E-state index in [0.717, 1.165) is 0 Å². The van der Waals surface area contributed by atoms with Crippen LogP contribution in [0, 0.1) is 5.82 Å². The van der Waals surface area contributed by atoms with Crippen LogP contribution in [-0.2, 0) is 6.54 Å². The minimum absolute atomic E-state index is 0. The second-order valence-corrected chi connectivity index (χ2v) is 4.77. The van der Waals surface area contributed by atoms with E-state index in [2.05, 4.69) is 5.32 Å².